The molecular weight excluding hydrogens is 315 g/mol. The van der Waals surface area contributed by atoms with Crippen molar-refractivity contribution in [2.75, 3.05) is 13.1 Å². The lowest BCUT2D eigenvalue weighted by Crippen LogP contribution is -2.48. The highest BCUT2D eigenvalue weighted by Crippen LogP contribution is 2.39. The molecule has 0 radical (unpaired) electrons. The molecule has 0 aromatic carbocycles. The minimum atomic E-state index is -4.45. The fraction of sp³-hybridized carbons (Fsp3) is 1.00. The van der Waals surface area contributed by atoms with Gasteiger partial charge in [0, 0.05) is 5.54 Å². The van der Waals surface area contributed by atoms with Crippen molar-refractivity contribution in [1.29, 1.82) is 0 Å². The summed E-state index contributed by atoms with van der Waals surface area (Å²) in [5.74, 6) is 0. The van der Waals surface area contributed by atoms with Gasteiger partial charge in [0.25, 0.3) is 0 Å². The summed E-state index contributed by atoms with van der Waals surface area (Å²) in [6, 6.07) is 0. The first kappa shape index (κ1) is 19.7. The van der Waals surface area contributed by atoms with E-state index in [0.29, 0.717) is 6.42 Å². The monoisotopic (exact) mass is 331 g/mol. The van der Waals surface area contributed by atoms with E-state index in [1.807, 2.05) is 0 Å². The van der Waals surface area contributed by atoms with Gasteiger partial charge in [-0.25, -0.2) is 0 Å². The van der Waals surface area contributed by atoms with Gasteiger partial charge < -0.3 is 9.79 Å². The van der Waals surface area contributed by atoms with Crippen molar-refractivity contribution in [3.05, 3.63) is 0 Å². The van der Waals surface area contributed by atoms with Crippen LogP contribution in [-0.4, -0.2) is 45.7 Å². The third kappa shape index (κ3) is 8.78. The van der Waals surface area contributed by atoms with Gasteiger partial charge in [0.2, 0.25) is 0 Å². The van der Waals surface area contributed by atoms with Crippen molar-refractivity contribution in [2.24, 2.45) is 0 Å². The number of rotatable bonds is 2. The van der Waals surface area contributed by atoms with Crippen LogP contribution in [0, 0.1) is 0 Å². The Morgan fingerprint density at radius 1 is 1.15 bits per heavy atom. The molecule has 1 saturated heterocycles. The molecule has 1 unspecified atom stereocenters. The second-order valence-corrected chi connectivity index (χ2v) is 5.28. The smallest absolute Gasteiger partial charge is 0.326 e. The predicted molar refractivity (Wildman–Crippen MR) is 59.4 cm³/mol. The molecule has 1 atom stereocenters. The van der Waals surface area contributed by atoms with Crippen molar-refractivity contribution in [3.8, 4) is 0 Å². The van der Waals surface area contributed by atoms with Gasteiger partial charge in [0.1, 0.15) is 0 Å². The number of hydrogen-bond donors (Lipinski definition) is 2. The molecule has 0 spiro atoms. The van der Waals surface area contributed by atoms with Gasteiger partial charge in [-0.05, 0) is 26.3 Å². The summed E-state index contributed by atoms with van der Waals surface area (Å²) in [6.07, 6.45) is -9.53. The maximum Gasteiger partial charge on any atom is 0.401 e. The van der Waals surface area contributed by atoms with Crippen LogP contribution in [0.25, 0.3) is 0 Å². The van der Waals surface area contributed by atoms with E-state index >= 15 is 0 Å². The van der Waals surface area contributed by atoms with E-state index in [-0.39, 0.29) is 13.0 Å². The van der Waals surface area contributed by atoms with Crippen molar-refractivity contribution < 1.29 is 40.7 Å². The minimum absolute atomic E-state index is 0.0755. The standard InChI is InChI=1S/C9H13F6N.H3O3P/c1-7(5-8(10,11)12)3-2-4-16(7)6-9(13,14)15;1-4(2)3/h2-6H2,1H3;4H,(H2,1,2,3). The zero-order valence-corrected chi connectivity index (χ0v) is 11.6. The highest BCUT2D eigenvalue weighted by Gasteiger charge is 2.48. The Morgan fingerprint density at radius 3 is 1.95 bits per heavy atom. The van der Waals surface area contributed by atoms with Gasteiger partial charge in [-0.2, -0.15) is 26.3 Å². The van der Waals surface area contributed by atoms with Crippen LogP contribution >= 0.6 is 8.25 Å². The van der Waals surface area contributed by atoms with E-state index in [2.05, 4.69) is 0 Å². The van der Waals surface area contributed by atoms with E-state index in [0.717, 1.165) is 4.90 Å². The first-order chi connectivity index (χ1) is 8.75. The van der Waals surface area contributed by atoms with Crippen molar-refractivity contribution >= 4 is 8.25 Å². The van der Waals surface area contributed by atoms with E-state index < -0.39 is 39.1 Å². The second-order valence-electron chi connectivity index (χ2n) is 4.71. The Morgan fingerprint density at radius 2 is 1.60 bits per heavy atom. The SMILES string of the molecule is CC1(CC(F)(F)F)CCCN1CC(F)(F)F.O=[PH](O)O. The summed E-state index contributed by atoms with van der Waals surface area (Å²) in [4.78, 5) is 15.2. The first-order valence-corrected chi connectivity index (χ1v) is 6.86. The molecule has 20 heavy (non-hydrogen) atoms. The quantitative estimate of drug-likeness (QED) is 0.603. The molecule has 0 amide bonds. The fourth-order valence-electron chi connectivity index (χ4n) is 2.20. The summed E-state index contributed by atoms with van der Waals surface area (Å²) in [5, 5.41) is 0. The average molecular weight is 331 g/mol. The summed E-state index contributed by atoms with van der Waals surface area (Å²) in [5.41, 5.74) is -1.41. The molecule has 0 aromatic heterocycles. The first-order valence-electron chi connectivity index (χ1n) is 5.56. The number of nitrogens with zero attached hydrogens (tertiary/aromatic N) is 1. The number of hydrogen-bond acceptors (Lipinski definition) is 2. The summed E-state index contributed by atoms with van der Waals surface area (Å²) in [7, 11) is -3.13. The van der Waals surface area contributed by atoms with Crippen molar-refractivity contribution in [1.82, 2.24) is 4.90 Å². The second kappa shape index (κ2) is 7.11. The zero-order chi connectivity index (χ0) is 16.2. The lowest BCUT2D eigenvalue weighted by Gasteiger charge is -2.36. The van der Waals surface area contributed by atoms with Crippen LogP contribution in [0.15, 0.2) is 0 Å². The Balaban J connectivity index is 0.000000796. The molecule has 2 N–H and O–H groups in total. The Labute approximate surface area is 112 Å². The van der Waals surface area contributed by atoms with Crippen LogP contribution in [0.5, 0.6) is 0 Å². The molecular formula is C9H16F6NO3P. The zero-order valence-electron chi connectivity index (χ0n) is 10.6. The Bertz CT molecular complexity index is 331. The molecule has 1 rings (SSSR count). The van der Waals surface area contributed by atoms with Crippen LogP contribution in [-0.2, 0) is 4.57 Å². The lowest BCUT2D eigenvalue weighted by atomic mass is 9.94. The largest absolute Gasteiger partial charge is 0.401 e. The van der Waals surface area contributed by atoms with Crippen LogP contribution in [0.1, 0.15) is 26.2 Å². The summed E-state index contributed by atoms with van der Waals surface area (Å²) >= 11 is 0. The van der Waals surface area contributed by atoms with Crippen LogP contribution in [0.2, 0.25) is 0 Å². The fourth-order valence-corrected chi connectivity index (χ4v) is 2.20. The van der Waals surface area contributed by atoms with Crippen LogP contribution < -0.4 is 0 Å². The highest BCUT2D eigenvalue weighted by molar-refractivity contribution is 7.30. The third-order valence-electron chi connectivity index (χ3n) is 2.86. The maximum atomic E-state index is 12.3. The number of likely N-dealkylation sites (tertiary alicyclic amines) is 1. The van der Waals surface area contributed by atoms with E-state index in [1.54, 1.807) is 0 Å². The third-order valence-corrected chi connectivity index (χ3v) is 2.86. The Kier molecular flexibility index (Phi) is 7.00. The molecule has 122 valence electrons. The molecule has 0 aromatic rings. The molecule has 1 heterocycles. The van der Waals surface area contributed by atoms with Crippen LogP contribution in [0.4, 0.5) is 26.3 Å². The molecule has 0 bridgehead atoms. The molecule has 4 nitrogen and oxygen atoms in total. The van der Waals surface area contributed by atoms with Crippen LogP contribution in [0.3, 0.4) is 0 Å². The van der Waals surface area contributed by atoms with Gasteiger partial charge in [-0.3, -0.25) is 9.46 Å². The molecule has 0 aliphatic carbocycles. The molecule has 11 heteroatoms. The summed E-state index contributed by atoms with van der Waals surface area (Å²) < 4.78 is 82.0. The molecule has 1 fully saturated rings. The van der Waals surface area contributed by atoms with E-state index in [4.69, 9.17) is 14.4 Å². The van der Waals surface area contributed by atoms with E-state index in [1.165, 1.54) is 6.92 Å². The van der Waals surface area contributed by atoms with Crippen molar-refractivity contribution in [2.45, 2.75) is 44.1 Å². The lowest BCUT2D eigenvalue weighted by molar-refractivity contribution is -0.181. The van der Waals surface area contributed by atoms with E-state index in [9.17, 15) is 26.3 Å². The van der Waals surface area contributed by atoms with Gasteiger partial charge in [0.05, 0.1) is 13.0 Å². The van der Waals surface area contributed by atoms with Gasteiger partial charge in [-0.15, -0.1) is 0 Å². The highest BCUT2D eigenvalue weighted by atomic mass is 31.1. The topological polar surface area (TPSA) is 60.8 Å². The van der Waals surface area contributed by atoms with Crippen molar-refractivity contribution in [3.63, 3.8) is 0 Å². The minimum Gasteiger partial charge on any atom is -0.326 e. The molecule has 0 saturated carbocycles. The number of alkyl halides is 6. The molecule has 1 aliphatic heterocycles. The predicted octanol–water partition coefficient (Wildman–Crippen LogP) is 2.72. The maximum absolute atomic E-state index is 12.3. The van der Waals surface area contributed by atoms with Gasteiger partial charge in [-0.1, -0.05) is 0 Å². The normalized spacial score (nSPS) is 24.7. The van der Waals surface area contributed by atoms with Gasteiger partial charge in [0.15, 0.2) is 0 Å². The Hall–Kier alpha value is -0.310. The molecule has 1 aliphatic rings. The van der Waals surface area contributed by atoms with Gasteiger partial charge >= 0.3 is 20.6 Å². The number of halogens is 6. The average Bonchev–Trinajstić information content (AvgIpc) is 2.39. The summed E-state index contributed by atoms with van der Waals surface area (Å²) in [6.45, 7) is 0.0604.